The van der Waals surface area contributed by atoms with Gasteiger partial charge in [0.15, 0.2) is 0 Å². The lowest BCUT2D eigenvalue weighted by Crippen LogP contribution is -2.38. The van der Waals surface area contributed by atoms with Gasteiger partial charge in [-0.05, 0) is 18.2 Å². The molecule has 0 radical (unpaired) electrons. The molecular weight excluding hydrogens is 311 g/mol. The van der Waals surface area contributed by atoms with Crippen LogP contribution < -0.4 is 4.90 Å². The van der Waals surface area contributed by atoms with E-state index in [-0.39, 0.29) is 11.0 Å². The van der Waals surface area contributed by atoms with E-state index >= 15 is 0 Å². The SMILES string of the molecule is O=C(O)CN(CC(F)(F)F)c1ccc(C(F)(F)F)cc1F. The standard InChI is InChI=1S/C11H8F7NO2/c12-7-3-6(11(16,17)18)1-2-8(7)19(4-9(20)21)5-10(13,14)15/h1-3H,4-5H2,(H,20,21). The first kappa shape index (κ1) is 17.1. The number of carboxylic acid groups (broad SMARTS) is 1. The summed E-state index contributed by atoms with van der Waals surface area (Å²) in [5.74, 6) is -3.27. The Bertz CT molecular complexity index is 524. The molecule has 0 spiro atoms. The van der Waals surface area contributed by atoms with Gasteiger partial charge in [-0.15, -0.1) is 0 Å². The second-order valence-electron chi connectivity index (χ2n) is 4.03. The smallest absolute Gasteiger partial charge is 0.416 e. The number of nitrogens with zero attached hydrogens (tertiary/aromatic N) is 1. The van der Waals surface area contributed by atoms with E-state index in [2.05, 4.69) is 0 Å². The fraction of sp³-hybridized carbons (Fsp3) is 0.364. The molecule has 0 fully saturated rings. The van der Waals surface area contributed by atoms with Crippen molar-refractivity contribution in [2.75, 3.05) is 18.0 Å². The zero-order chi connectivity index (χ0) is 16.4. The lowest BCUT2D eigenvalue weighted by atomic mass is 10.1. The van der Waals surface area contributed by atoms with Gasteiger partial charge in [-0.25, -0.2) is 4.39 Å². The summed E-state index contributed by atoms with van der Waals surface area (Å²) in [6.45, 7) is -3.01. The second kappa shape index (κ2) is 5.78. The van der Waals surface area contributed by atoms with Gasteiger partial charge in [0.25, 0.3) is 0 Å². The summed E-state index contributed by atoms with van der Waals surface area (Å²) in [7, 11) is 0. The molecule has 21 heavy (non-hydrogen) atoms. The van der Waals surface area contributed by atoms with E-state index in [0.717, 1.165) is 0 Å². The Morgan fingerprint density at radius 1 is 1.14 bits per heavy atom. The van der Waals surface area contributed by atoms with Crippen molar-refractivity contribution in [2.45, 2.75) is 12.4 Å². The number of carboxylic acids is 1. The zero-order valence-electron chi connectivity index (χ0n) is 10.1. The fourth-order valence-corrected chi connectivity index (χ4v) is 1.55. The zero-order valence-corrected chi connectivity index (χ0v) is 10.1. The van der Waals surface area contributed by atoms with Gasteiger partial charge < -0.3 is 10.0 Å². The summed E-state index contributed by atoms with van der Waals surface area (Å²) in [4.78, 5) is 10.6. The molecule has 0 unspecified atom stereocenters. The Hall–Kier alpha value is -2.00. The lowest BCUT2D eigenvalue weighted by Gasteiger charge is -2.25. The monoisotopic (exact) mass is 319 g/mol. The van der Waals surface area contributed by atoms with E-state index in [1.54, 1.807) is 0 Å². The first-order valence-corrected chi connectivity index (χ1v) is 5.30. The second-order valence-corrected chi connectivity index (χ2v) is 4.03. The minimum absolute atomic E-state index is 0.0144. The van der Waals surface area contributed by atoms with Crippen LogP contribution in [0.1, 0.15) is 5.56 Å². The summed E-state index contributed by atoms with van der Waals surface area (Å²) < 4.78 is 87.5. The number of alkyl halides is 6. The lowest BCUT2D eigenvalue weighted by molar-refractivity contribution is -0.138. The van der Waals surface area contributed by atoms with Gasteiger partial charge in [0.1, 0.15) is 18.9 Å². The molecule has 0 saturated heterocycles. The van der Waals surface area contributed by atoms with Crippen LogP contribution in [0.25, 0.3) is 0 Å². The highest BCUT2D eigenvalue weighted by atomic mass is 19.4. The normalized spacial score (nSPS) is 12.3. The Morgan fingerprint density at radius 2 is 1.71 bits per heavy atom. The Balaban J connectivity index is 3.16. The van der Waals surface area contributed by atoms with E-state index in [4.69, 9.17) is 5.11 Å². The Kier molecular flexibility index (Phi) is 4.69. The number of anilines is 1. The van der Waals surface area contributed by atoms with Crippen molar-refractivity contribution >= 4 is 11.7 Å². The quantitative estimate of drug-likeness (QED) is 0.866. The maximum absolute atomic E-state index is 13.6. The summed E-state index contributed by atoms with van der Waals surface area (Å²) >= 11 is 0. The van der Waals surface area contributed by atoms with Gasteiger partial charge in [-0.3, -0.25) is 4.79 Å². The third-order valence-electron chi connectivity index (χ3n) is 2.31. The number of hydrogen-bond donors (Lipinski definition) is 1. The molecule has 118 valence electrons. The molecular formula is C11H8F7NO2. The highest BCUT2D eigenvalue weighted by Gasteiger charge is 2.35. The first-order chi connectivity index (χ1) is 9.40. The van der Waals surface area contributed by atoms with Crippen molar-refractivity contribution in [1.82, 2.24) is 0 Å². The molecule has 0 heterocycles. The number of halogens is 7. The van der Waals surface area contributed by atoms with Crippen molar-refractivity contribution in [3.63, 3.8) is 0 Å². The summed E-state index contributed by atoms with van der Waals surface area (Å²) in [6, 6.07) is 0.858. The third kappa shape index (κ3) is 5.12. The molecule has 0 aromatic heterocycles. The molecule has 0 aliphatic heterocycles. The Labute approximate surface area is 113 Å². The minimum atomic E-state index is -4.86. The Morgan fingerprint density at radius 3 is 2.10 bits per heavy atom. The van der Waals surface area contributed by atoms with Crippen molar-refractivity contribution < 1.29 is 40.6 Å². The predicted molar refractivity (Wildman–Crippen MR) is 57.3 cm³/mol. The van der Waals surface area contributed by atoms with Crippen LogP contribution in [0, 0.1) is 5.82 Å². The van der Waals surface area contributed by atoms with Gasteiger partial charge >= 0.3 is 18.3 Å². The maximum atomic E-state index is 13.6. The van der Waals surface area contributed by atoms with Crippen LogP contribution in [0.4, 0.5) is 36.4 Å². The van der Waals surface area contributed by atoms with Crippen LogP contribution in [-0.4, -0.2) is 30.3 Å². The number of aliphatic carboxylic acids is 1. The van der Waals surface area contributed by atoms with Crippen LogP contribution in [0.2, 0.25) is 0 Å². The van der Waals surface area contributed by atoms with Crippen molar-refractivity contribution in [3.8, 4) is 0 Å². The van der Waals surface area contributed by atoms with Crippen LogP contribution >= 0.6 is 0 Å². The van der Waals surface area contributed by atoms with Gasteiger partial charge in [0.2, 0.25) is 0 Å². The van der Waals surface area contributed by atoms with Gasteiger partial charge in [0.05, 0.1) is 11.3 Å². The number of benzene rings is 1. The maximum Gasteiger partial charge on any atom is 0.416 e. The van der Waals surface area contributed by atoms with E-state index in [0.29, 0.717) is 12.1 Å². The van der Waals surface area contributed by atoms with E-state index in [1.165, 1.54) is 0 Å². The molecule has 1 aromatic carbocycles. The first-order valence-electron chi connectivity index (χ1n) is 5.30. The molecule has 0 aliphatic rings. The molecule has 10 heteroatoms. The molecule has 0 aliphatic carbocycles. The van der Waals surface area contributed by atoms with Crippen molar-refractivity contribution in [2.24, 2.45) is 0 Å². The van der Waals surface area contributed by atoms with Gasteiger partial charge in [-0.1, -0.05) is 0 Å². The van der Waals surface area contributed by atoms with Crippen molar-refractivity contribution in [1.29, 1.82) is 0 Å². The van der Waals surface area contributed by atoms with E-state index < -0.39 is 48.5 Å². The molecule has 0 amide bonds. The largest absolute Gasteiger partial charge is 0.480 e. The van der Waals surface area contributed by atoms with Crippen molar-refractivity contribution in [3.05, 3.63) is 29.6 Å². The average Bonchev–Trinajstić information content (AvgIpc) is 2.23. The highest BCUT2D eigenvalue weighted by Crippen LogP contribution is 2.33. The minimum Gasteiger partial charge on any atom is -0.480 e. The number of hydrogen-bond acceptors (Lipinski definition) is 2. The molecule has 0 saturated carbocycles. The molecule has 1 aromatic rings. The topological polar surface area (TPSA) is 40.5 Å². The fourth-order valence-electron chi connectivity index (χ4n) is 1.55. The van der Waals surface area contributed by atoms with Crippen LogP contribution in [0.5, 0.6) is 0 Å². The number of rotatable bonds is 4. The molecule has 0 atom stereocenters. The van der Waals surface area contributed by atoms with Crippen LogP contribution in [-0.2, 0) is 11.0 Å². The van der Waals surface area contributed by atoms with E-state index in [1.807, 2.05) is 0 Å². The summed E-state index contributed by atoms with van der Waals surface area (Å²) in [6.07, 6.45) is -9.70. The predicted octanol–water partition coefficient (Wildman–Crippen LogP) is 3.30. The van der Waals surface area contributed by atoms with Crippen LogP contribution in [0.3, 0.4) is 0 Å². The average molecular weight is 319 g/mol. The number of carbonyl (C=O) groups is 1. The highest BCUT2D eigenvalue weighted by molar-refractivity contribution is 5.74. The summed E-state index contributed by atoms with van der Waals surface area (Å²) in [5.41, 5.74) is -2.26. The van der Waals surface area contributed by atoms with E-state index in [9.17, 15) is 35.5 Å². The molecule has 3 nitrogen and oxygen atoms in total. The van der Waals surface area contributed by atoms with Gasteiger partial charge in [-0.2, -0.15) is 26.3 Å². The molecule has 0 bridgehead atoms. The van der Waals surface area contributed by atoms with Gasteiger partial charge in [0, 0.05) is 0 Å². The molecule has 1 rings (SSSR count). The van der Waals surface area contributed by atoms with Crippen LogP contribution in [0.15, 0.2) is 18.2 Å². The third-order valence-corrected chi connectivity index (χ3v) is 2.31. The molecule has 1 N–H and O–H groups in total. The summed E-state index contributed by atoms with van der Waals surface area (Å²) in [5, 5.41) is 8.51.